The highest BCUT2D eigenvalue weighted by molar-refractivity contribution is 7.99. The van der Waals surface area contributed by atoms with Gasteiger partial charge in [0.15, 0.2) is 0 Å². The molecule has 0 radical (unpaired) electrons. The SMILES string of the molecule is CC(C)NCCCS(=O)(=O)N1CCSCC1. The van der Waals surface area contributed by atoms with Gasteiger partial charge in [-0.15, -0.1) is 0 Å². The fourth-order valence-electron chi connectivity index (χ4n) is 1.60. The van der Waals surface area contributed by atoms with E-state index in [-0.39, 0.29) is 5.75 Å². The Morgan fingerprint density at radius 1 is 1.31 bits per heavy atom. The summed E-state index contributed by atoms with van der Waals surface area (Å²) in [5.41, 5.74) is 0. The fourth-order valence-corrected chi connectivity index (χ4v) is 4.24. The van der Waals surface area contributed by atoms with Crippen molar-refractivity contribution in [3.8, 4) is 0 Å². The second kappa shape index (κ2) is 6.83. The van der Waals surface area contributed by atoms with Crippen molar-refractivity contribution in [1.29, 1.82) is 0 Å². The number of hydrogen-bond donors (Lipinski definition) is 1. The van der Waals surface area contributed by atoms with Gasteiger partial charge >= 0.3 is 0 Å². The standard InChI is InChI=1S/C10H22N2O2S2/c1-10(2)11-4-3-9-16(13,14)12-5-7-15-8-6-12/h10-11H,3-9H2,1-2H3. The van der Waals surface area contributed by atoms with E-state index in [1.54, 1.807) is 4.31 Å². The third-order valence-electron chi connectivity index (χ3n) is 2.50. The molecule has 4 nitrogen and oxygen atoms in total. The van der Waals surface area contributed by atoms with Crippen molar-refractivity contribution in [2.75, 3.05) is 36.9 Å². The molecule has 96 valence electrons. The number of thioether (sulfide) groups is 1. The summed E-state index contributed by atoms with van der Waals surface area (Å²) in [7, 11) is -3.00. The normalized spacial score (nSPS) is 19.2. The summed E-state index contributed by atoms with van der Waals surface area (Å²) in [6.45, 7) is 6.28. The summed E-state index contributed by atoms with van der Waals surface area (Å²) in [5, 5.41) is 3.23. The molecule has 0 amide bonds. The molecule has 6 heteroatoms. The monoisotopic (exact) mass is 266 g/mol. The molecule has 0 spiro atoms. The van der Waals surface area contributed by atoms with E-state index < -0.39 is 10.0 Å². The minimum atomic E-state index is -3.00. The average Bonchev–Trinajstić information content (AvgIpc) is 2.26. The van der Waals surface area contributed by atoms with Gasteiger partial charge in [0.25, 0.3) is 0 Å². The summed E-state index contributed by atoms with van der Waals surface area (Å²) < 4.78 is 25.5. The molecule has 16 heavy (non-hydrogen) atoms. The molecule has 1 fully saturated rings. The largest absolute Gasteiger partial charge is 0.314 e. The molecule has 1 saturated heterocycles. The lowest BCUT2D eigenvalue weighted by molar-refractivity contribution is 0.441. The molecule has 1 aliphatic rings. The maximum atomic E-state index is 11.9. The fraction of sp³-hybridized carbons (Fsp3) is 1.00. The minimum absolute atomic E-state index is 0.275. The van der Waals surface area contributed by atoms with Crippen LogP contribution in [-0.4, -0.2) is 55.7 Å². The third kappa shape index (κ3) is 5.03. The van der Waals surface area contributed by atoms with Gasteiger partial charge in [0.05, 0.1) is 5.75 Å². The summed E-state index contributed by atoms with van der Waals surface area (Å²) in [6.07, 6.45) is 0.699. The first-order valence-corrected chi connectivity index (χ1v) is 8.58. The molecule has 0 unspecified atom stereocenters. The molecule has 0 aromatic rings. The lowest BCUT2D eigenvalue weighted by Crippen LogP contribution is -2.39. The molecule has 0 aromatic carbocycles. The number of sulfonamides is 1. The van der Waals surface area contributed by atoms with E-state index in [9.17, 15) is 8.42 Å². The molecule has 0 aliphatic carbocycles. The van der Waals surface area contributed by atoms with E-state index in [1.165, 1.54) is 0 Å². The zero-order valence-corrected chi connectivity index (χ0v) is 11.7. The van der Waals surface area contributed by atoms with Crippen LogP contribution in [0.25, 0.3) is 0 Å². The Bertz CT molecular complexity index is 285. The van der Waals surface area contributed by atoms with E-state index in [2.05, 4.69) is 19.2 Å². The van der Waals surface area contributed by atoms with Crippen molar-refractivity contribution < 1.29 is 8.42 Å². The van der Waals surface area contributed by atoms with Crippen molar-refractivity contribution >= 4 is 21.8 Å². The van der Waals surface area contributed by atoms with Crippen molar-refractivity contribution in [1.82, 2.24) is 9.62 Å². The van der Waals surface area contributed by atoms with E-state index >= 15 is 0 Å². The molecule has 1 heterocycles. The molecule has 1 N–H and O–H groups in total. The Balaban J connectivity index is 2.27. The zero-order valence-electron chi connectivity index (χ0n) is 10.1. The second-order valence-electron chi connectivity index (χ2n) is 4.29. The Kier molecular flexibility index (Phi) is 6.10. The van der Waals surface area contributed by atoms with Crippen LogP contribution in [0.4, 0.5) is 0 Å². The van der Waals surface area contributed by atoms with Gasteiger partial charge in [0.1, 0.15) is 0 Å². The van der Waals surface area contributed by atoms with Gasteiger partial charge in [0.2, 0.25) is 10.0 Å². The van der Waals surface area contributed by atoms with E-state index in [4.69, 9.17) is 0 Å². The van der Waals surface area contributed by atoms with Gasteiger partial charge in [-0.05, 0) is 13.0 Å². The minimum Gasteiger partial charge on any atom is -0.314 e. The van der Waals surface area contributed by atoms with Crippen LogP contribution < -0.4 is 5.32 Å². The predicted octanol–water partition coefficient (Wildman–Crippen LogP) is 0.753. The van der Waals surface area contributed by atoms with E-state index in [0.717, 1.165) is 18.1 Å². The maximum absolute atomic E-state index is 11.9. The lowest BCUT2D eigenvalue weighted by atomic mass is 10.4. The van der Waals surface area contributed by atoms with Crippen molar-refractivity contribution in [3.63, 3.8) is 0 Å². The van der Waals surface area contributed by atoms with Crippen LogP contribution in [-0.2, 0) is 10.0 Å². The van der Waals surface area contributed by atoms with Crippen molar-refractivity contribution in [3.05, 3.63) is 0 Å². The second-order valence-corrected chi connectivity index (χ2v) is 7.60. The van der Waals surface area contributed by atoms with E-state index in [0.29, 0.717) is 25.6 Å². The van der Waals surface area contributed by atoms with Gasteiger partial charge < -0.3 is 5.32 Å². The molecular weight excluding hydrogens is 244 g/mol. The van der Waals surface area contributed by atoms with Crippen LogP contribution in [0.15, 0.2) is 0 Å². The third-order valence-corrected chi connectivity index (χ3v) is 5.39. The van der Waals surface area contributed by atoms with Crippen LogP contribution in [0, 0.1) is 0 Å². The Morgan fingerprint density at radius 2 is 1.94 bits per heavy atom. The predicted molar refractivity (Wildman–Crippen MR) is 70.4 cm³/mol. The quantitative estimate of drug-likeness (QED) is 0.721. The van der Waals surface area contributed by atoms with Gasteiger partial charge in [-0.25, -0.2) is 12.7 Å². The topological polar surface area (TPSA) is 49.4 Å². The highest BCUT2D eigenvalue weighted by atomic mass is 32.2. The first-order chi connectivity index (χ1) is 7.52. The van der Waals surface area contributed by atoms with Gasteiger partial charge in [-0.3, -0.25) is 0 Å². The van der Waals surface area contributed by atoms with Crippen LogP contribution >= 0.6 is 11.8 Å². The molecule has 0 bridgehead atoms. The zero-order chi connectivity index (χ0) is 12.0. The first kappa shape index (κ1) is 14.3. The maximum Gasteiger partial charge on any atom is 0.214 e. The van der Waals surface area contributed by atoms with Gasteiger partial charge in [0, 0.05) is 30.6 Å². The Morgan fingerprint density at radius 3 is 2.50 bits per heavy atom. The van der Waals surface area contributed by atoms with Crippen LogP contribution in [0.3, 0.4) is 0 Å². The first-order valence-electron chi connectivity index (χ1n) is 5.81. The Labute approximate surface area is 103 Å². The molecular formula is C10H22N2O2S2. The molecule has 1 rings (SSSR count). The van der Waals surface area contributed by atoms with Crippen molar-refractivity contribution in [2.24, 2.45) is 0 Å². The smallest absolute Gasteiger partial charge is 0.214 e. The van der Waals surface area contributed by atoms with Crippen LogP contribution in [0.5, 0.6) is 0 Å². The van der Waals surface area contributed by atoms with Gasteiger partial charge in [-0.2, -0.15) is 11.8 Å². The average molecular weight is 266 g/mol. The summed E-state index contributed by atoms with van der Waals surface area (Å²) in [5.74, 6) is 2.14. The highest BCUT2D eigenvalue weighted by Gasteiger charge is 2.23. The van der Waals surface area contributed by atoms with Gasteiger partial charge in [-0.1, -0.05) is 13.8 Å². The Hall–Kier alpha value is 0.220. The number of rotatable bonds is 6. The molecule has 0 atom stereocenters. The lowest BCUT2D eigenvalue weighted by Gasteiger charge is -2.25. The van der Waals surface area contributed by atoms with Crippen molar-refractivity contribution in [2.45, 2.75) is 26.3 Å². The summed E-state index contributed by atoms with van der Waals surface area (Å²) in [6, 6.07) is 0.425. The summed E-state index contributed by atoms with van der Waals surface area (Å²) in [4.78, 5) is 0. The molecule has 0 aromatic heterocycles. The van der Waals surface area contributed by atoms with E-state index in [1.807, 2.05) is 11.8 Å². The van der Waals surface area contributed by atoms with Crippen LogP contribution in [0.2, 0.25) is 0 Å². The van der Waals surface area contributed by atoms with Crippen LogP contribution in [0.1, 0.15) is 20.3 Å². The highest BCUT2D eigenvalue weighted by Crippen LogP contribution is 2.13. The molecule has 1 aliphatic heterocycles. The number of hydrogen-bond acceptors (Lipinski definition) is 4. The molecule has 0 saturated carbocycles. The number of nitrogens with zero attached hydrogens (tertiary/aromatic N) is 1. The summed E-state index contributed by atoms with van der Waals surface area (Å²) >= 11 is 1.83. The number of nitrogens with one attached hydrogen (secondary N) is 1.